The van der Waals surface area contributed by atoms with Crippen LogP contribution in [0.2, 0.25) is 0 Å². The molecule has 1 aromatic heterocycles. The van der Waals surface area contributed by atoms with Crippen LogP contribution in [-0.2, 0) is 34.0 Å². The molecule has 1 aromatic rings. The van der Waals surface area contributed by atoms with Crippen LogP contribution in [0.4, 0.5) is 0 Å². The van der Waals surface area contributed by atoms with Crippen LogP contribution < -0.4 is 42.5 Å². The van der Waals surface area contributed by atoms with Crippen LogP contribution in [0.25, 0.3) is 0 Å². The maximum Gasteiger partial charge on any atom is 0.366 e. The molecule has 9 fully saturated rings. The molecule has 9 aliphatic rings. The van der Waals surface area contributed by atoms with Crippen molar-refractivity contribution in [1.29, 1.82) is 0 Å². The van der Waals surface area contributed by atoms with Crippen LogP contribution >= 0.6 is 0 Å². The molecule has 6 heterocycles. The molecular formula is C36H59N9O3SZn. The number of nitrogens with zero attached hydrogens (tertiary/aromatic N) is 1. The molecule has 14 heteroatoms. The van der Waals surface area contributed by atoms with E-state index in [0.717, 1.165) is 19.3 Å². The van der Waals surface area contributed by atoms with Gasteiger partial charge in [0, 0.05) is 37.8 Å². The van der Waals surface area contributed by atoms with Gasteiger partial charge >= 0.3 is 10.3 Å². The Labute approximate surface area is 311 Å². The van der Waals surface area contributed by atoms with Crippen LogP contribution in [0.5, 0.6) is 0 Å². The standard InChI is InChI=1S/C36H59N9O3S.Zn/c46-49(47,45-18-7-8-19-45)48-27-17-9-16-26-28(27)36-43-34-25-15-6-5-14-24(25)32(41-34)39-30-21-11-2-1-10-20(21)29(37-30)38-31-22-12-3-4-13-23(22)33(40-31)42-35(26)44-36;/h7-8,18-44H,1-6,9-17H2;. The van der Waals surface area contributed by atoms with Crippen molar-refractivity contribution in [3.8, 4) is 0 Å². The first-order chi connectivity index (χ1) is 24.0. The van der Waals surface area contributed by atoms with Gasteiger partial charge in [-0.1, -0.05) is 44.9 Å². The fourth-order valence-corrected chi connectivity index (χ4v) is 13.9. The Bertz CT molecular complexity index is 1440. The van der Waals surface area contributed by atoms with Crippen molar-refractivity contribution >= 4 is 10.3 Å². The summed E-state index contributed by atoms with van der Waals surface area (Å²) >= 11 is 0. The van der Waals surface area contributed by atoms with Crippen molar-refractivity contribution in [1.82, 2.24) is 46.5 Å². The molecule has 8 N–H and O–H groups in total. The van der Waals surface area contributed by atoms with Crippen molar-refractivity contribution in [3.05, 3.63) is 24.5 Å². The van der Waals surface area contributed by atoms with Gasteiger partial charge in [0.05, 0.1) is 55.4 Å². The molecule has 50 heavy (non-hydrogen) atoms. The smallest absolute Gasteiger partial charge is 0.286 e. The second kappa shape index (κ2) is 14.3. The van der Waals surface area contributed by atoms with Crippen molar-refractivity contribution in [3.63, 3.8) is 0 Å². The molecule has 17 unspecified atom stereocenters. The Morgan fingerprint density at radius 2 is 0.760 bits per heavy atom. The van der Waals surface area contributed by atoms with Crippen LogP contribution in [0.1, 0.15) is 96.3 Å². The van der Waals surface area contributed by atoms with E-state index in [4.69, 9.17) is 4.18 Å². The fourth-order valence-electron chi connectivity index (χ4n) is 12.8. The predicted octanol–water partition coefficient (Wildman–Crippen LogP) is 2.19. The van der Waals surface area contributed by atoms with Gasteiger partial charge in [0.15, 0.2) is 0 Å². The third-order valence-electron chi connectivity index (χ3n) is 14.9. The second-order valence-corrected chi connectivity index (χ2v) is 18.7. The van der Waals surface area contributed by atoms with Gasteiger partial charge in [0.2, 0.25) is 0 Å². The summed E-state index contributed by atoms with van der Waals surface area (Å²) in [4.78, 5) is 0. The molecule has 274 valence electrons. The Kier molecular flexibility index (Phi) is 10.1. The van der Waals surface area contributed by atoms with Crippen molar-refractivity contribution in [2.24, 2.45) is 47.3 Å². The van der Waals surface area contributed by atoms with E-state index in [1.165, 1.54) is 81.0 Å². The van der Waals surface area contributed by atoms with Gasteiger partial charge < -0.3 is 0 Å². The summed E-state index contributed by atoms with van der Waals surface area (Å²) in [6.45, 7) is 0. The number of fused-ring (bicyclic) bond motifs is 20. The average molecular weight is 763 g/mol. The monoisotopic (exact) mass is 761 g/mol. The topological polar surface area (TPSA) is 145 Å². The van der Waals surface area contributed by atoms with Gasteiger partial charge in [-0.05, 0) is 105 Å². The van der Waals surface area contributed by atoms with E-state index >= 15 is 0 Å². The molecule has 17 atom stereocenters. The van der Waals surface area contributed by atoms with Crippen LogP contribution in [0.3, 0.4) is 0 Å². The predicted molar refractivity (Wildman–Crippen MR) is 186 cm³/mol. The molecule has 12 nitrogen and oxygen atoms in total. The Hall–Kier alpha value is -0.507. The average Bonchev–Trinajstić information content (AvgIpc) is 3.95. The van der Waals surface area contributed by atoms with Gasteiger partial charge in [-0.2, -0.15) is 8.42 Å². The zero-order chi connectivity index (χ0) is 32.7. The molecule has 4 aliphatic carbocycles. The Balaban J connectivity index is 0.00000336. The number of nitrogens with one attached hydrogen (secondary N) is 8. The third-order valence-corrected chi connectivity index (χ3v) is 16.2. The second-order valence-electron chi connectivity index (χ2n) is 17.3. The molecule has 10 rings (SSSR count). The molecule has 0 spiro atoms. The largest absolute Gasteiger partial charge is 0.366 e. The molecule has 5 saturated heterocycles. The zero-order valence-electron chi connectivity index (χ0n) is 29.5. The van der Waals surface area contributed by atoms with Crippen molar-refractivity contribution in [2.45, 2.75) is 152 Å². The molecule has 4 saturated carbocycles. The Morgan fingerprint density at radius 3 is 1.14 bits per heavy atom. The van der Waals surface area contributed by atoms with Crippen LogP contribution in [-0.4, -0.2) is 67.8 Å². The first-order valence-corrected chi connectivity index (χ1v) is 21.5. The van der Waals surface area contributed by atoms with E-state index in [9.17, 15) is 8.42 Å². The van der Waals surface area contributed by atoms with E-state index in [1.807, 2.05) is 0 Å². The summed E-state index contributed by atoms with van der Waals surface area (Å²) in [7, 11) is -3.93. The van der Waals surface area contributed by atoms with Gasteiger partial charge in [0.25, 0.3) is 0 Å². The summed E-state index contributed by atoms with van der Waals surface area (Å²) in [5, 5.41) is 33.2. The van der Waals surface area contributed by atoms with Gasteiger partial charge in [-0.25, -0.2) is 8.16 Å². The minimum absolute atomic E-state index is 0. The van der Waals surface area contributed by atoms with Gasteiger partial charge in [0.1, 0.15) is 0 Å². The SMILES string of the molecule is O=S(=O)(OC1CCCC2C3NC4NC(NC5NC(NC6NC(NC(N3)C12)C1CCCCC61)C1CCCCC51)C1CCCCC41)n1cccc1.[Zn]. The summed E-state index contributed by atoms with van der Waals surface area (Å²) in [6, 6.07) is 3.48. The van der Waals surface area contributed by atoms with Crippen molar-refractivity contribution < 1.29 is 32.1 Å². The van der Waals surface area contributed by atoms with Gasteiger partial charge in [-0.3, -0.25) is 42.5 Å². The first-order valence-electron chi connectivity index (χ1n) is 20.2. The normalized spacial score (nSPS) is 50.0. The fraction of sp³-hybridized carbons (Fsp3) is 0.889. The Morgan fingerprint density at radius 1 is 0.440 bits per heavy atom. The maximum atomic E-state index is 13.5. The minimum atomic E-state index is -3.93. The molecule has 0 amide bonds. The van der Waals surface area contributed by atoms with E-state index in [2.05, 4.69) is 42.5 Å². The molecule has 8 bridgehead atoms. The van der Waals surface area contributed by atoms with E-state index in [-0.39, 0.29) is 74.4 Å². The molecule has 5 aliphatic heterocycles. The minimum Gasteiger partial charge on any atom is -0.286 e. The van der Waals surface area contributed by atoms with Crippen LogP contribution in [0.15, 0.2) is 24.5 Å². The third kappa shape index (κ3) is 6.22. The molecule has 0 radical (unpaired) electrons. The first kappa shape index (κ1) is 35.2. The van der Waals surface area contributed by atoms with E-state index < -0.39 is 10.3 Å². The van der Waals surface area contributed by atoms with Crippen LogP contribution in [0, 0.1) is 47.3 Å². The number of hydrogen-bond donors (Lipinski definition) is 8. The van der Waals surface area contributed by atoms with Gasteiger partial charge in [-0.15, -0.1) is 0 Å². The zero-order valence-corrected chi connectivity index (χ0v) is 33.3. The molecule has 0 aromatic carbocycles. The maximum absolute atomic E-state index is 13.5. The summed E-state index contributed by atoms with van der Waals surface area (Å²) in [5.74, 6) is 3.92. The quantitative estimate of drug-likeness (QED) is 0.215. The number of rotatable bonds is 3. The summed E-state index contributed by atoms with van der Waals surface area (Å²) < 4.78 is 34.4. The molecular weight excluding hydrogens is 704 g/mol. The van der Waals surface area contributed by atoms with E-state index in [1.54, 1.807) is 24.5 Å². The van der Waals surface area contributed by atoms with Crippen molar-refractivity contribution in [2.75, 3.05) is 0 Å². The number of aromatic nitrogens is 1. The summed E-state index contributed by atoms with van der Waals surface area (Å²) in [5.41, 5.74) is 0. The number of hydrogen-bond acceptors (Lipinski definition) is 11. The van der Waals surface area contributed by atoms with E-state index in [0.29, 0.717) is 47.8 Å². The summed E-state index contributed by atoms with van der Waals surface area (Å²) in [6.07, 6.45) is 22.5.